The number of rotatable bonds is 6. The Kier molecular flexibility index (Phi) is 5.67. The van der Waals surface area contributed by atoms with Crippen LogP contribution in [-0.2, 0) is 9.84 Å². The van der Waals surface area contributed by atoms with Crippen LogP contribution in [0.25, 0.3) is 0 Å². The van der Waals surface area contributed by atoms with Gasteiger partial charge in [-0.25, -0.2) is 8.42 Å². The molecule has 0 fully saturated rings. The molecule has 1 unspecified atom stereocenters. The lowest BCUT2D eigenvalue weighted by Crippen LogP contribution is -2.27. The fourth-order valence-corrected chi connectivity index (χ4v) is 2.38. The lowest BCUT2D eigenvalue weighted by Gasteiger charge is -2.14. The summed E-state index contributed by atoms with van der Waals surface area (Å²) in [6.45, 7) is 7.61. The van der Waals surface area contributed by atoms with E-state index in [1.54, 1.807) is 13.8 Å². The van der Waals surface area contributed by atoms with Crippen LogP contribution in [0.2, 0.25) is 0 Å². The topological polar surface area (TPSA) is 60.2 Å². The first-order valence-corrected chi connectivity index (χ1v) is 6.94. The van der Waals surface area contributed by atoms with Crippen LogP contribution in [0.3, 0.4) is 0 Å². The van der Waals surface area contributed by atoms with Crippen LogP contribution in [-0.4, -0.2) is 25.5 Å². The van der Waals surface area contributed by atoms with E-state index >= 15 is 0 Å². The van der Waals surface area contributed by atoms with Crippen molar-refractivity contribution in [3.63, 3.8) is 0 Å². The van der Waals surface area contributed by atoms with Crippen LogP contribution >= 0.6 is 0 Å². The van der Waals surface area contributed by atoms with Gasteiger partial charge in [-0.15, -0.1) is 0 Å². The Morgan fingerprint density at radius 3 is 2.00 bits per heavy atom. The van der Waals surface area contributed by atoms with Gasteiger partial charge < -0.3 is 5.73 Å². The zero-order valence-electron chi connectivity index (χ0n) is 9.66. The monoisotopic (exact) mass is 221 g/mol. The Hall–Kier alpha value is -0.0900. The maximum Gasteiger partial charge on any atom is 0.152 e. The third-order valence-electron chi connectivity index (χ3n) is 2.27. The van der Waals surface area contributed by atoms with Gasteiger partial charge in [-0.2, -0.15) is 0 Å². The highest BCUT2D eigenvalue weighted by Crippen LogP contribution is 2.09. The summed E-state index contributed by atoms with van der Waals surface area (Å²) in [5.41, 5.74) is 5.82. The van der Waals surface area contributed by atoms with Crippen molar-refractivity contribution in [3.8, 4) is 0 Å². The normalized spacial score (nSPS) is 15.1. The highest BCUT2D eigenvalue weighted by atomic mass is 32.2. The van der Waals surface area contributed by atoms with E-state index in [1.165, 1.54) is 0 Å². The largest absolute Gasteiger partial charge is 0.328 e. The van der Waals surface area contributed by atoms with Gasteiger partial charge in [0.25, 0.3) is 0 Å². The van der Waals surface area contributed by atoms with E-state index < -0.39 is 9.84 Å². The van der Waals surface area contributed by atoms with Crippen LogP contribution in [0.1, 0.15) is 40.5 Å². The van der Waals surface area contributed by atoms with Crippen LogP contribution in [0.5, 0.6) is 0 Å². The molecule has 0 aromatic rings. The minimum absolute atomic E-state index is 0.0172. The molecule has 0 bridgehead atoms. The second-order valence-electron chi connectivity index (χ2n) is 4.59. The Balaban J connectivity index is 3.95. The van der Waals surface area contributed by atoms with Crippen molar-refractivity contribution in [1.29, 1.82) is 0 Å². The second kappa shape index (κ2) is 5.71. The number of nitrogens with two attached hydrogens (primary N) is 1. The van der Waals surface area contributed by atoms with Crippen molar-refractivity contribution >= 4 is 9.84 Å². The molecule has 14 heavy (non-hydrogen) atoms. The molecule has 0 spiro atoms. The summed E-state index contributed by atoms with van der Waals surface area (Å²) in [5.74, 6) is 0.755. The van der Waals surface area contributed by atoms with Crippen molar-refractivity contribution in [2.75, 3.05) is 5.75 Å². The lowest BCUT2D eigenvalue weighted by atomic mass is 10.0. The van der Waals surface area contributed by atoms with Gasteiger partial charge in [0.05, 0.1) is 11.0 Å². The van der Waals surface area contributed by atoms with E-state index in [1.807, 2.05) is 0 Å². The van der Waals surface area contributed by atoms with E-state index in [9.17, 15) is 8.42 Å². The van der Waals surface area contributed by atoms with Gasteiger partial charge >= 0.3 is 0 Å². The second-order valence-corrected chi connectivity index (χ2v) is 7.27. The molecule has 0 heterocycles. The molecule has 0 aliphatic rings. The summed E-state index contributed by atoms with van der Waals surface area (Å²) in [4.78, 5) is 0. The molecule has 0 aliphatic heterocycles. The molecule has 1 atom stereocenters. The Morgan fingerprint density at radius 2 is 1.64 bits per heavy atom. The summed E-state index contributed by atoms with van der Waals surface area (Å²) < 4.78 is 22.9. The van der Waals surface area contributed by atoms with Gasteiger partial charge in [-0.1, -0.05) is 13.8 Å². The summed E-state index contributed by atoms with van der Waals surface area (Å²) >= 11 is 0. The molecule has 86 valence electrons. The van der Waals surface area contributed by atoms with Crippen LogP contribution in [0.4, 0.5) is 0 Å². The van der Waals surface area contributed by atoms with Crippen molar-refractivity contribution in [2.45, 2.75) is 51.8 Å². The van der Waals surface area contributed by atoms with Crippen molar-refractivity contribution in [2.24, 2.45) is 11.7 Å². The number of sulfone groups is 1. The zero-order chi connectivity index (χ0) is 11.4. The molecule has 0 saturated carbocycles. The molecule has 3 nitrogen and oxygen atoms in total. The van der Waals surface area contributed by atoms with Crippen molar-refractivity contribution in [3.05, 3.63) is 0 Å². The Morgan fingerprint density at radius 1 is 1.14 bits per heavy atom. The van der Waals surface area contributed by atoms with E-state index in [0.717, 1.165) is 6.42 Å². The quantitative estimate of drug-likeness (QED) is 0.740. The lowest BCUT2D eigenvalue weighted by molar-refractivity contribution is 0.483. The van der Waals surface area contributed by atoms with E-state index in [-0.39, 0.29) is 17.0 Å². The van der Waals surface area contributed by atoms with Gasteiger partial charge in [0.15, 0.2) is 9.84 Å². The van der Waals surface area contributed by atoms with Gasteiger partial charge in [-0.3, -0.25) is 0 Å². The van der Waals surface area contributed by atoms with Crippen LogP contribution < -0.4 is 5.73 Å². The highest BCUT2D eigenvalue weighted by Gasteiger charge is 2.17. The fourth-order valence-electron chi connectivity index (χ4n) is 1.27. The average molecular weight is 221 g/mol. The summed E-state index contributed by atoms with van der Waals surface area (Å²) in [7, 11) is -2.91. The van der Waals surface area contributed by atoms with Crippen molar-refractivity contribution < 1.29 is 8.42 Å². The molecular formula is C10H23NO2S. The predicted octanol–water partition coefficient (Wildman–Crippen LogP) is 1.57. The van der Waals surface area contributed by atoms with E-state index in [0.29, 0.717) is 12.3 Å². The van der Waals surface area contributed by atoms with E-state index in [2.05, 4.69) is 13.8 Å². The Bertz CT molecular complexity index is 245. The molecule has 4 heteroatoms. The average Bonchev–Trinajstić information content (AvgIpc) is 1.99. The molecular weight excluding hydrogens is 198 g/mol. The molecule has 0 rings (SSSR count). The molecule has 0 saturated heterocycles. The van der Waals surface area contributed by atoms with Gasteiger partial charge in [0, 0.05) is 6.04 Å². The first-order valence-electron chi connectivity index (χ1n) is 5.23. The SMILES string of the molecule is CC(C)CC(N)CCS(=O)(=O)C(C)C. The number of hydrogen-bond acceptors (Lipinski definition) is 3. The third-order valence-corrected chi connectivity index (χ3v) is 4.51. The molecule has 0 amide bonds. The first-order chi connectivity index (χ1) is 6.25. The first kappa shape index (κ1) is 13.9. The highest BCUT2D eigenvalue weighted by molar-refractivity contribution is 7.91. The van der Waals surface area contributed by atoms with Crippen LogP contribution in [0.15, 0.2) is 0 Å². The third kappa shape index (κ3) is 5.60. The predicted molar refractivity (Wildman–Crippen MR) is 61.0 cm³/mol. The summed E-state index contributed by atoms with van der Waals surface area (Å²) in [6, 6.07) is 0.0172. The van der Waals surface area contributed by atoms with Crippen LogP contribution in [0, 0.1) is 5.92 Å². The maximum absolute atomic E-state index is 11.5. The minimum Gasteiger partial charge on any atom is -0.328 e. The van der Waals surface area contributed by atoms with Gasteiger partial charge in [0.2, 0.25) is 0 Å². The molecule has 0 radical (unpaired) electrons. The summed E-state index contributed by atoms with van der Waals surface area (Å²) in [5, 5.41) is -0.284. The molecule has 0 aromatic heterocycles. The smallest absolute Gasteiger partial charge is 0.152 e. The maximum atomic E-state index is 11.5. The van der Waals surface area contributed by atoms with Gasteiger partial charge in [0.1, 0.15) is 0 Å². The molecule has 2 N–H and O–H groups in total. The molecule has 0 aromatic carbocycles. The standard InChI is InChI=1S/C10H23NO2S/c1-8(2)7-10(11)5-6-14(12,13)9(3)4/h8-10H,5-7,11H2,1-4H3. The minimum atomic E-state index is -2.91. The number of hydrogen-bond donors (Lipinski definition) is 1. The molecule has 0 aliphatic carbocycles. The van der Waals surface area contributed by atoms with Gasteiger partial charge in [-0.05, 0) is 32.6 Å². The van der Waals surface area contributed by atoms with E-state index in [4.69, 9.17) is 5.73 Å². The Labute approximate surface area is 88.0 Å². The zero-order valence-corrected chi connectivity index (χ0v) is 10.5. The van der Waals surface area contributed by atoms with Crippen molar-refractivity contribution in [1.82, 2.24) is 0 Å². The summed E-state index contributed by atoms with van der Waals surface area (Å²) in [6.07, 6.45) is 1.48. The fraction of sp³-hybridized carbons (Fsp3) is 1.00.